The van der Waals surface area contributed by atoms with Crippen LogP contribution in [0.3, 0.4) is 0 Å². The largest absolute Gasteiger partial charge is 0.378 e. The van der Waals surface area contributed by atoms with Gasteiger partial charge in [0.1, 0.15) is 0 Å². The molecule has 26 heavy (non-hydrogen) atoms. The molecule has 1 fully saturated rings. The van der Waals surface area contributed by atoms with Crippen molar-refractivity contribution in [3.05, 3.63) is 70.6 Å². The van der Waals surface area contributed by atoms with Crippen molar-refractivity contribution in [2.45, 2.75) is 33.3 Å². The molecule has 0 aliphatic carbocycles. The molecule has 4 heteroatoms. The maximum Gasteiger partial charge on any atom is 0.255 e. The number of hydrogen-bond donors (Lipinski definition) is 1. The Hall–Kier alpha value is -1.84. The second-order valence-corrected chi connectivity index (χ2v) is 7.44. The van der Waals surface area contributed by atoms with Gasteiger partial charge in [-0.3, -0.25) is 4.79 Å². The minimum atomic E-state index is -0.128. The Bertz CT molecular complexity index is 772. The van der Waals surface area contributed by atoms with Gasteiger partial charge in [0.15, 0.2) is 0 Å². The molecule has 3 atom stereocenters. The summed E-state index contributed by atoms with van der Waals surface area (Å²) in [5.41, 5.74) is 3.49. The van der Waals surface area contributed by atoms with Crippen LogP contribution < -0.4 is 5.32 Å². The molecule has 0 saturated carbocycles. The van der Waals surface area contributed by atoms with Crippen LogP contribution in [0.15, 0.2) is 42.5 Å². The first-order valence-corrected chi connectivity index (χ1v) is 9.34. The SMILES string of the molecule is Cc1cc(Cl)ccc1C(=O)Nc1ccc(CC2[C]C(C)C(C)OC2)cc1. The summed E-state index contributed by atoms with van der Waals surface area (Å²) in [5.74, 6) is 0.547. The van der Waals surface area contributed by atoms with E-state index >= 15 is 0 Å². The number of nitrogens with one attached hydrogen (secondary N) is 1. The molecule has 1 aliphatic rings. The van der Waals surface area contributed by atoms with Gasteiger partial charge >= 0.3 is 0 Å². The molecule has 3 unspecified atom stereocenters. The normalized spacial score (nSPS) is 22.8. The number of hydrogen-bond acceptors (Lipinski definition) is 2. The molecule has 1 amide bonds. The Kier molecular flexibility index (Phi) is 6.00. The lowest BCUT2D eigenvalue weighted by Crippen LogP contribution is -2.32. The molecule has 1 aliphatic heterocycles. The first-order valence-electron chi connectivity index (χ1n) is 8.96. The third-order valence-electron chi connectivity index (χ3n) is 4.89. The Morgan fingerprint density at radius 1 is 1.23 bits per heavy atom. The fourth-order valence-corrected chi connectivity index (χ4v) is 3.40. The second-order valence-electron chi connectivity index (χ2n) is 7.01. The van der Waals surface area contributed by atoms with Crippen LogP contribution in [0.4, 0.5) is 5.69 Å². The average Bonchev–Trinajstić information content (AvgIpc) is 2.60. The molecule has 136 valence electrons. The zero-order chi connectivity index (χ0) is 18.7. The van der Waals surface area contributed by atoms with Gasteiger partial charge in [-0.05, 0) is 80.0 Å². The van der Waals surface area contributed by atoms with Crippen molar-refractivity contribution in [3.63, 3.8) is 0 Å². The molecule has 1 saturated heterocycles. The van der Waals surface area contributed by atoms with E-state index in [1.807, 2.05) is 19.1 Å². The van der Waals surface area contributed by atoms with E-state index in [1.54, 1.807) is 18.2 Å². The van der Waals surface area contributed by atoms with Gasteiger partial charge in [-0.2, -0.15) is 0 Å². The van der Waals surface area contributed by atoms with E-state index in [9.17, 15) is 4.79 Å². The van der Waals surface area contributed by atoms with Crippen LogP contribution in [-0.4, -0.2) is 18.6 Å². The van der Waals surface area contributed by atoms with Gasteiger partial charge in [0.25, 0.3) is 5.91 Å². The number of anilines is 1. The molecular weight excluding hydrogens is 346 g/mol. The van der Waals surface area contributed by atoms with Gasteiger partial charge in [0, 0.05) is 16.3 Å². The number of halogens is 1. The molecule has 2 aromatic carbocycles. The van der Waals surface area contributed by atoms with Crippen LogP contribution in [0.2, 0.25) is 5.02 Å². The first-order chi connectivity index (χ1) is 12.4. The van der Waals surface area contributed by atoms with Crippen molar-refractivity contribution in [1.82, 2.24) is 0 Å². The highest BCUT2D eigenvalue weighted by atomic mass is 35.5. The van der Waals surface area contributed by atoms with Gasteiger partial charge in [0.05, 0.1) is 12.7 Å². The molecule has 2 aromatic rings. The summed E-state index contributed by atoms with van der Waals surface area (Å²) >= 11 is 5.95. The summed E-state index contributed by atoms with van der Waals surface area (Å²) in [6.07, 6.45) is 4.74. The van der Waals surface area contributed by atoms with E-state index in [1.165, 1.54) is 5.56 Å². The predicted molar refractivity (Wildman–Crippen MR) is 106 cm³/mol. The van der Waals surface area contributed by atoms with Gasteiger partial charge in [0.2, 0.25) is 0 Å². The minimum Gasteiger partial charge on any atom is -0.378 e. The van der Waals surface area contributed by atoms with Gasteiger partial charge in [-0.1, -0.05) is 30.7 Å². The van der Waals surface area contributed by atoms with Crippen molar-refractivity contribution >= 4 is 23.2 Å². The summed E-state index contributed by atoms with van der Waals surface area (Å²) in [6, 6.07) is 13.2. The van der Waals surface area contributed by atoms with Crippen LogP contribution in [0.5, 0.6) is 0 Å². The summed E-state index contributed by atoms with van der Waals surface area (Å²) in [6.45, 7) is 6.84. The van der Waals surface area contributed by atoms with E-state index < -0.39 is 0 Å². The molecule has 0 spiro atoms. The third kappa shape index (κ3) is 4.66. The monoisotopic (exact) mass is 369 g/mol. The Labute approximate surface area is 160 Å². The molecule has 3 rings (SSSR count). The van der Waals surface area contributed by atoms with E-state index in [0.29, 0.717) is 22.4 Å². The maximum atomic E-state index is 12.4. The Morgan fingerprint density at radius 3 is 2.62 bits per heavy atom. The molecular formula is C22H24ClNO2. The summed E-state index contributed by atoms with van der Waals surface area (Å²) in [5, 5.41) is 3.57. The molecule has 1 heterocycles. The molecule has 0 aromatic heterocycles. The van der Waals surface area contributed by atoms with E-state index in [4.69, 9.17) is 16.3 Å². The second kappa shape index (κ2) is 8.24. The van der Waals surface area contributed by atoms with Crippen LogP contribution in [0, 0.1) is 25.2 Å². The van der Waals surface area contributed by atoms with E-state index in [-0.39, 0.29) is 12.0 Å². The van der Waals surface area contributed by atoms with E-state index in [0.717, 1.165) is 24.3 Å². The molecule has 0 bridgehead atoms. The lowest BCUT2D eigenvalue weighted by atomic mass is 9.86. The number of aryl methyl sites for hydroxylation is 1. The minimum absolute atomic E-state index is 0.128. The lowest BCUT2D eigenvalue weighted by Gasteiger charge is -2.31. The Morgan fingerprint density at radius 2 is 1.96 bits per heavy atom. The van der Waals surface area contributed by atoms with Crippen molar-refractivity contribution in [2.24, 2.45) is 11.8 Å². The van der Waals surface area contributed by atoms with Crippen LogP contribution >= 0.6 is 11.6 Å². The van der Waals surface area contributed by atoms with Crippen molar-refractivity contribution in [1.29, 1.82) is 0 Å². The number of rotatable bonds is 4. The highest BCUT2D eigenvalue weighted by Gasteiger charge is 2.25. The first kappa shape index (κ1) is 18.9. The van der Waals surface area contributed by atoms with Gasteiger partial charge in [-0.25, -0.2) is 0 Å². The smallest absolute Gasteiger partial charge is 0.255 e. The number of carbonyl (C=O) groups is 1. The Balaban J connectivity index is 1.60. The highest BCUT2D eigenvalue weighted by Crippen LogP contribution is 2.26. The number of benzene rings is 2. The number of carbonyl (C=O) groups excluding carboxylic acids is 1. The molecule has 1 N–H and O–H groups in total. The number of amides is 1. The van der Waals surface area contributed by atoms with Gasteiger partial charge in [-0.15, -0.1) is 0 Å². The number of ether oxygens (including phenoxy) is 1. The molecule has 3 nitrogen and oxygen atoms in total. The fourth-order valence-electron chi connectivity index (χ4n) is 3.17. The zero-order valence-corrected chi connectivity index (χ0v) is 16.1. The highest BCUT2D eigenvalue weighted by molar-refractivity contribution is 6.30. The maximum absolute atomic E-state index is 12.4. The van der Waals surface area contributed by atoms with Crippen LogP contribution in [-0.2, 0) is 11.2 Å². The third-order valence-corrected chi connectivity index (χ3v) is 5.13. The van der Waals surface area contributed by atoms with Crippen molar-refractivity contribution in [2.75, 3.05) is 11.9 Å². The standard InChI is InChI=1S/C22H24ClNO2/c1-14-10-18(13-26-16(14)3)12-17-4-7-20(8-5-17)24-22(25)21-9-6-19(23)11-15(21)2/h4-9,11,14,16,18H,12-13H2,1-3H3,(H,24,25). The van der Waals surface area contributed by atoms with Crippen LogP contribution in [0.1, 0.15) is 35.3 Å². The van der Waals surface area contributed by atoms with Crippen molar-refractivity contribution in [3.8, 4) is 0 Å². The molecule has 2 radical (unpaired) electrons. The lowest BCUT2D eigenvalue weighted by molar-refractivity contribution is -0.0112. The summed E-state index contributed by atoms with van der Waals surface area (Å²) in [7, 11) is 0. The zero-order valence-electron chi connectivity index (χ0n) is 15.4. The topological polar surface area (TPSA) is 38.3 Å². The van der Waals surface area contributed by atoms with Crippen molar-refractivity contribution < 1.29 is 9.53 Å². The van der Waals surface area contributed by atoms with Gasteiger partial charge < -0.3 is 10.1 Å². The fraction of sp³-hybridized carbons (Fsp3) is 0.364. The predicted octanol–water partition coefficient (Wildman–Crippen LogP) is 5.20. The van der Waals surface area contributed by atoms with E-state index in [2.05, 4.69) is 37.7 Å². The quantitative estimate of drug-likeness (QED) is 0.804. The van der Waals surface area contributed by atoms with Crippen LogP contribution in [0.25, 0.3) is 0 Å². The summed E-state index contributed by atoms with van der Waals surface area (Å²) in [4.78, 5) is 12.4. The average molecular weight is 370 g/mol. The summed E-state index contributed by atoms with van der Waals surface area (Å²) < 4.78 is 5.79.